The van der Waals surface area contributed by atoms with Gasteiger partial charge in [-0.25, -0.2) is 0 Å². The number of nitrogens with zero attached hydrogens (tertiary/aromatic N) is 1. The first-order chi connectivity index (χ1) is 7.66. The van der Waals surface area contributed by atoms with Crippen LogP contribution in [0.2, 0.25) is 0 Å². The number of benzene rings is 1. The van der Waals surface area contributed by atoms with Crippen molar-refractivity contribution in [3.8, 4) is 0 Å². The molecule has 84 valence electrons. The molecule has 2 aromatic rings. The van der Waals surface area contributed by atoms with Crippen LogP contribution in [0.4, 0.5) is 5.69 Å². The van der Waals surface area contributed by atoms with Crippen molar-refractivity contribution in [2.75, 3.05) is 5.32 Å². The summed E-state index contributed by atoms with van der Waals surface area (Å²) in [5.74, 6) is 0. The highest BCUT2D eigenvalue weighted by molar-refractivity contribution is 9.11. The van der Waals surface area contributed by atoms with E-state index in [2.05, 4.69) is 61.2 Å². The fraction of sp³-hybridized carbons (Fsp3) is 0.182. The van der Waals surface area contributed by atoms with Gasteiger partial charge in [-0.1, -0.05) is 0 Å². The Morgan fingerprint density at radius 2 is 2.00 bits per heavy atom. The van der Waals surface area contributed by atoms with Gasteiger partial charge in [0, 0.05) is 20.0 Å². The van der Waals surface area contributed by atoms with Crippen LogP contribution < -0.4 is 5.32 Å². The molecule has 0 saturated heterocycles. The molecule has 0 fully saturated rings. The Morgan fingerprint density at radius 3 is 2.56 bits per heavy atom. The Balaban J connectivity index is 2.15. The van der Waals surface area contributed by atoms with Crippen LogP contribution in [0.5, 0.6) is 0 Å². The van der Waals surface area contributed by atoms with Crippen LogP contribution >= 0.6 is 43.2 Å². The van der Waals surface area contributed by atoms with Gasteiger partial charge in [0.25, 0.3) is 0 Å². The number of halogens is 2. The standard InChI is InChI=1S/C11H10Br2N2S/c1-7-2-9(12)11(10(13)3-7)15-5-8-4-14-6-16-8/h2-4,6,15H,5H2,1H3. The largest absolute Gasteiger partial charge is 0.378 e. The number of hydrogen-bond donors (Lipinski definition) is 1. The lowest BCUT2D eigenvalue weighted by Gasteiger charge is -2.10. The smallest absolute Gasteiger partial charge is 0.0794 e. The Labute approximate surface area is 115 Å². The van der Waals surface area contributed by atoms with Crippen molar-refractivity contribution < 1.29 is 0 Å². The van der Waals surface area contributed by atoms with Crippen molar-refractivity contribution in [1.29, 1.82) is 0 Å². The molecule has 0 aliphatic rings. The molecule has 2 nitrogen and oxygen atoms in total. The van der Waals surface area contributed by atoms with Crippen molar-refractivity contribution >= 4 is 48.9 Å². The molecular weight excluding hydrogens is 352 g/mol. The summed E-state index contributed by atoms with van der Waals surface area (Å²) in [5.41, 5.74) is 4.15. The second-order valence-electron chi connectivity index (χ2n) is 3.42. The fourth-order valence-electron chi connectivity index (χ4n) is 1.37. The molecule has 1 N–H and O–H groups in total. The monoisotopic (exact) mass is 360 g/mol. The van der Waals surface area contributed by atoms with Crippen LogP contribution in [-0.2, 0) is 6.54 Å². The maximum atomic E-state index is 4.05. The first-order valence-electron chi connectivity index (χ1n) is 4.73. The molecule has 0 saturated carbocycles. The Morgan fingerprint density at radius 1 is 1.31 bits per heavy atom. The van der Waals surface area contributed by atoms with Crippen LogP contribution in [0.25, 0.3) is 0 Å². The first-order valence-corrected chi connectivity index (χ1v) is 7.20. The third-order valence-corrected chi connectivity index (χ3v) is 4.14. The van der Waals surface area contributed by atoms with Gasteiger partial charge in [0.1, 0.15) is 0 Å². The van der Waals surface area contributed by atoms with Crippen molar-refractivity contribution in [1.82, 2.24) is 4.98 Å². The predicted octanol–water partition coefficient (Wildman–Crippen LogP) is 4.59. The molecule has 16 heavy (non-hydrogen) atoms. The van der Waals surface area contributed by atoms with E-state index in [1.165, 1.54) is 10.4 Å². The van der Waals surface area contributed by atoms with Crippen LogP contribution in [0.1, 0.15) is 10.4 Å². The summed E-state index contributed by atoms with van der Waals surface area (Å²) in [6, 6.07) is 4.19. The molecule has 0 aliphatic carbocycles. The van der Waals surface area contributed by atoms with Gasteiger partial charge in [0.2, 0.25) is 0 Å². The summed E-state index contributed by atoms with van der Waals surface area (Å²) in [7, 11) is 0. The highest BCUT2D eigenvalue weighted by atomic mass is 79.9. The normalized spacial score (nSPS) is 10.4. The summed E-state index contributed by atoms with van der Waals surface area (Å²) < 4.78 is 2.15. The van der Waals surface area contributed by atoms with Gasteiger partial charge in [-0.05, 0) is 56.5 Å². The first kappa shape index (κ1) is 12.1. The van der Waals surface area contributed by atoms with E-state index >= 15 is 0 Å². The lowest BCUT2D eigenvalue weighted by molar-refractivity contribution is 1.16. The van der Waals surface area contributed by atoms with Crippen molar-refractivity contribution in [3.63, 3.8) is 0 Å². The van der Waals surface area contributed by atoms with Gasteiger partial charge in [-0.3, -0.25) is 4.98 Å². The summed E-state index contributed by atoms with van der Waals surface area (Å²) in [4.78, 5) is 5.27. The Kier molecular flexibility index (Phi) is 4.00. The lowest BCUT2D eigenvalue weighted by atomic mass is 10.2. The second kappa shape index (κ2) is 5.29. The molecular formula is C11H10Br2N2S. The van der Waals surface area contributed by atoms with Crippen molar-refractivity contribution in [2.24, 2.45) is 0 Å². The SMILES string of the molecule is Cc1cc(Br)c(NCc2cncs2)c(Br)c1. The van der Waals surface area contributed by atoms with Crippen LogP contribution in [0.15, 0.2) is 32.8 Å². The molecule has 0 atom stereocenters. The van der Waals surface area contributed by atoms with Gasteiger partial charge in [-0.2, -0.15) is 0 Å². The molecule has 0 aliphatic heterocycles. The number of nitrogens with one attached hydrogen (secondary N) is 1. The third kappa shape index (κ3) is 2.84. The number of aromatic nitrogens is 1. The quantitative estimate of drug-likeness (QED) is 0.864. The van der Waals surface area contributed by atoms with E-state index in [9.17, 15) is 0 Å². The molecule has 0 amide bonds. The molecule has 0 spiro atoms. The summed E-state index contributed by atoms with van der Waals surface area (Å²) in [6.07, 6.45) is 1.88. The minimum absolute atomic E-state index is 0.797. The fourth-order valence-corrected chi connectivity index (χ4v) is 3.60. The molecule has 0 radical (unpaired) electrons. The minimum atomic E-state index is 0.797. The summed E-state index contributed by atoms with van der Waals surface area (Å²) in [5, 5.41) is 3.39. The zero-order chi connectivity index (χ0) is 11.5. The lowest BCUT2D eigenvalue weighted by Crippen LogP contribution is -1.99. The highest BCUT2D eigenvalue weighted by Crippen LogP contribution is 2.32. The minimum Gasteiger partial charge on any atom is -0.378 e. The maximum absolute atomic E-state index is 4.05. The van der Waals surface area contributed by atoms with Crippen LogP contribution in [-0.4, -0.2) is 4.98 Å². The second-order valence-corrected chi connectivity index (χ2v) is 6.10. The van der Waals surface area contributed by atoms with Crippen molar-refractivity contribution in [3.05, 3.63) is 43.2 Å². The van der Waals surface area contributed by atoms with Crippen LogP contribution in [0, 0.1) is 6.92 Å². The van der Waals surface area contributed by atoms with Gasteiger partial charge >= 0.3 is 0 Å². The van der Waals surface area contributed by atoms with E-state index in [0.717, 1.165) is 21.2 Å². The third-order valence-electron chi connectivity index (χ3n) is 2.11. The predicted molar refractivity (Wildman–Crippen MR) is 76.0 cm³/mol. The van der Waals surface area contributed by atoms with E-state index in [-0.39, 0.29) is 0 Å². The molecule has 5 heteroatoms. The summed E-state index contributed by atoms with van der Waals surface area (Å²) in [6.45, 7) is 2.87. The van der Waals surface area contributed by atoms with Crippen molar-refractivity contribution in [2.45, 2.75) is 13.5 Å². The molecule has 1 aromatic heterocycles. The van der Waals surface area contributed by atoms with E-state index in [0.29, 0.717) is 0 Å². The number of anilines is 1. The summed E-state index contributed by atoms with van der Waals surface area (Å²) >= 11 is 8.77. The zero-order valence-corrected chi connectivity index (χ0v) is 12.6. The van der Waals surface area contributed by atoms with Gasteiger partial charge in [0.15, 0.2) is 0 Å². The number of thiazole rings is 1. The molecule has 0 unspecified atom stereocenters. The average Bonchev–Trinajstić information content (AvgIpc) is 2.68. The van der Waals surface area contributed by atoms with E-state index in [4.69, 9.17) is 0 Å². The van der Waals surface area contributed by atoms with Gasteiger partial charge in [0.05, 0.1) is 17.7 Å². The molecule has 1 aromatic carbocycles. The van der Waals surface area contributed by atoms with Gasteiger partial charge in [-0.15, -0.1) is 11.3 Å². The maximum Gasteiger partial charge on any atom is 0.0794 e. The van der Waals surface area contributed by atoms with Gasteiger partial charge < -0.3 is 5.32 Å². The van der Waals surface area contributed by atoms with Crippen LogP contribution in [0.3, 0.4) is 0 Å². The number of rotatable bonds is 3. The van der Waals surface area contributed by atoms with E-state index in [1.807, 2.05) is 11.7 Å². The highest BCUT2D eigenvalue weighted by Gasteiger charge is 2.06. The van der Waals surface area contributed by atoms with E-state index in [1.54, 1.807) is 11.3 Å². The average molecular weight is 362 g/mol. The molecule has 2 rings (SSSR count). The van der Waals surface area contributed by atoms with E-state index < -0.39 is 0 Å². The number of hydrogen-bond acceptors (Lipinski definition) is 3. The zero-order valence-electron chi connectivity index (χ0n) is 8.63. The topological polar surface area (TPSA) is 24.9 Å². The molecule has 0 bridgehead atoms. The number of aryl methyl sites for hydroxylation is 1. The molecule has 1 heterocycles. The Bertz CT molecular complexity index is 460. The Hall–Kier alpha value is -0.390.